The summed E-state index contributed by atoms with van der Waals surface area (Å²) in [6.07, 6.45) is 0. The van der Waals surface area contributed by atoms with E-state index in [1.807, 2.05) is 0 Å². The molecule has 4 rings (SSSR count). The molecule has 19 nitrogen and oxygen atoms in total. The van der Waals surface area contributed by atoms with Crippen LogP contribution in [0.5, 0.6) is 0 Å². The fourth-order valence-corrected chi connectivity index (χ4v) is 4.73. The highest BCUT2D eigenvalue weighted by atomic mass is 16.6. The number of carbonyl (C=O) groups excluding carboxylic acids is 8. The van der Waals surface area contributed by atoms with Crippen molar-refractivity contribution >= 4 is 64.8 Å². The van der Waals surface area contributed by atoms with Gasteiger partial charge in [-0.15, -0.1) is 0 Å². The summed E-state index contributed by atoms with van der Waals surface area (Å²) in [6, 6.07) is 23.1. The third-order valence-electron chi connectivity index (χ3n) is 8.17. The molecule has 4 aromatic rings. The Morgan fingerprint density at radius 1 is 0.361 bits per heavy atom. The molecule has 0 heterocycles. The van der Waals surface area contributed by atoms with E-state index >= 15 is 0 Å². The second-order valence-electron chi connectivity index (χ2n) is 13.2. The molecule has 0 aromatic heterocycles. The fraction of sp³-hybridized carbons (Fsp3) is 0.238. The Morgan fingerprint density at radius 2 is 0.574 bits per heavy atom. The lowest BCUT2D eigenvalue weighted by Gasteiger charge is -2.31. The summed E-state index contributed by atoms with van der Waals surface area (Å²) in [5.74, 6) is -8.10. The first-order valence-corrected chi connectivity index (χ1v) is 18.1. The Labute approximate surface area is 347 Å². The lowest BCUT2D eigenvalue weighted by molar-refractivity contribution is -0.174. The van der Waals surface area contributed by atoms with Gasteiger partial charge in [-0.05, 0) is 91.9 Å². The predicted octanol–water partition coefficient (Wildman–Crippen LogP) is 2.63. The number of carbonyl (C=O) groups is 8. The van der Waals surface area contributed by atoms with Gasteiger partial charge in [0.1, 0.15) is 31.8 Å². The summed E-state index contributed by atoms with van der Waals surface area (Å²) in [5.41, 5.74) is 17.3. The molecule has 61 heavy (non-hydrogen) atoms. The van der Waals surface area contributed by atoms with Gasteiger partial charge in [0, 0.05) is 17.1 Å². The maximum absolute atomic E-state index is 12.9. The highest BCUT2D eigenvalue weighted by Gasteiger charge is 2.38. The van der Waals surface area contributed by atoms with Gasteiger partial charge in [-0.2, -0.15) is 0 Å². The summed E-state index contributed by atoms with van der Waals surface area (Å²) < 4.78 is 41.4. The molecule has 0 radical (unpaired) electrons. The van der Waals surface area contributed by atoms with E-state index in [9.17, 15) is 38.4 Å². The van der Waals surface area contributed by atoms with E-state index in [2.05, 4.69) is 0 Å². The number of benzene rings is 4. The SMILES string of the molecule is Cc1ccc(C(=O)OCC(=O)OCC(COC(=O)COC(=O)c2ccc(N)cc2)(COC(=O)COC(=O)c2ccc(N)cc2)COC(=O)COC(=O)c2ccc(N)cc2)cc1. The molecule has 19 heteroatoms. The first-order chi connectivity index (χ1) is 29.1. The van der Waals surface area contributed by atoms with E-state index in [4.69, 9.17) is 55.1 Å². The van der Waals surface area contributed by atoms with Gasteiger partial charge in [-0.1, -0.05) is 17.7 Å². The van der Waals surface area contributed by atoms with Gasteiger partial charge >= 0.3 is 47.8 Å². The van der Waals surface area contributed by atoms with E-state index < -0.39 is 106 Å². The molecule has 0 unspecified atom stereocenters. The molecular formula is C42H41N3O16. The van der Waals surface area contributed by atoms with Crippen LogP contribution >= 0.6 is 0 Å². The van der Waals surface area contributed by atoms with Crippen LogP contribution < -0.4 is 17.2 Å². The van der Waals surface area contributed by atoms with E-state index in [0.717, 1.165) is 5.56 Å². The minimum Gasteiger partial charge on any atom is -0.462 e. The molecule has 0 amide bonds. The summed E-state index contributed by atoms with van der Waals surface area (Å²) in [4.78, 5) is 101. The average Bonchev–Trinajstić information content (AvgIpc) is 3.26. The summed E-state index contributed by atoms with van der Waals surface area (Å²) >= 11 is 0. The van der Waals surface area contributed by atoms with Gasteiger partial charge in [0.25, 0.3) is 0 Å². The van der Waals surface area contributed by atoms with Crippen molar-refractivity contribution in [1.29, 1.82) is 0 Å². The number of hydrogen-bond donors (Lipinski definition) is 3. The molecule has 0 saturated heterocycles. The summed E-state index contributed by atoms with van der Waals surface area (Å²) in [6.45, 7) is -5.19. The van der Waals surface area contributed by atoms with Crippen LogP contribution in [-0.4, -0.2) is 101 Å². The van der Waals surface area contributed by atoms with Crippen molar-refractivity contribution in [3.8, 4) is 0 Å². The monoisotopic (exact) mass is 843 g/mol. The van der Waals surface area contributed by atoms with Crippen molar-refractivity contribution < 1.29 is 76.3 Å². The minimum absolute atomic E-state index is 0.0688. The van der Waals surface area contributed by atoms with Crippen LogP contribution in [0.3, 0.4) is 0 Å². The lowest BCUT2D eigenvalue weighted by atomic mass is 9.92. The first kappa shape index (κ1) is 45.7. The molecule has 0 aliphatic rings. The van der Waals surface area contributed by atoms with Gasteiger partial charge in [-0.25, -0.2) is 38.4 Å². The van der Waals surface area contributed by atoms with E-state index in [1.165, 1.54) is 84.9 Å². The van der Waals surface area contributed by atoms with Crippen molar-refractivity contribution in [2.24, 2.45) is 5.41 Å². The van der Waals surface area contributed by atoms with Crippen LogP contribution in [0.4, 0.5) is 17.1 Å². The predicted molar refractivity (Wildman–Crippen MR) is 211 cm³/mol. The second-order valence-corrected chi connectivity index (χ2v) is 13.2. The molecule has 0 fully saturated rings. The summed E-state index contributed by atoms with van der Waals surface area (Å²) in [5, 5.41) is 0. The van der Waals surface area contributed by atoms with Gasteiger partial charge in [0.05, 0.1) is 22.3 Å². The Bertz CT molecular complexity index is 1870. The van der Waals surface area contributed by atoms with Crippen molar-refractivity contribution in [2.75, 3.05) is 70.1 Å². The van der Waals surface area contributed by atoms with Crippen LogP contribution in [-0.2, 0) is 57.1 Å². The van der Waals surface area contributed by atoms with Crippen LogP contribution in [0.1, 0.15) is 47.0 Å². The zero-order valence-electron chi connectivity index (χ0n) is 32.7. The number of hydrogen-bond acceptors (Lipinski definition) is 19. The molecule has 320 valence electrons. The van der Waals surface area contributed by atoms with Gasteiger partial charge < -0.3 is 55.1 Å². The van der Waals surface area contributed by atoms with E-state index in [-0.39, 0.29) is 22.3 Å². The van der Waals surface area contributed by atoms with E-state index in [1.54, 1.807) is 19.1 Å². The Kier molecular flexibility index (Phi) is 16.7. The highest BCUT2D eigenvalue weighted by Crippen LogP contribution is 2.22. The number of rotatable bonds is 20. The number of anilines is 3. The van der Waals surface area contributed by atoms with Crippen molar-refractivity contribution in [1.82, 2.24) is 0 Å². The highest BCUT2D eigenvalue weighted by molar-refractivity contribution is 5.93. The smallest absolute Gasteiger partial charge is 0.344 e. The van der Waals surface area contributed by atoms with Crippen LogP contribution in [0, 0.1) is 12.3 Å². The largest absolute Gasteiger partial charge is 0.462 e. The quantitative estimate of drug-likeness (QED) is 0.0654. The number of nitrogen functional groups attached to an aromatic ring is 3. The normalized spacial score (nSPS) is 10.6. The van der Waals surface area contributed by atoms with Gasteiger partial charge in [0.15, 0.2) is 26.4 Å². The van der Waals surface area contributed by atoms with Gasteiger partial charge in [0.2, 0.25) is 0 Å². The van der Waals surface area contributed by atoms with E-state index in [0.29, 0.717) is 17.1 Å². The van der Waals surface area contributed by atoms with Crippen LogP contribution in [0.25, 0.3) is 0 Å². The third kappa shape index (κ3) is 15.4. The molecule has 0 aliphatic carbocycles. The van der Waals surface area contributed by atoms with Crippen molar-refractivity contribution in [2.45, 2.75) is 6.92 Å². The first-order valence-electron chi connectivity index (χ1n) is 18.1. The maximum Gasteiger partial charge on any atom is 0.344 e. The Balaban J connectivity index is 1.48. The Morgan fingerprint density at radius 3 is 0.803 bits per heavy atom. The average molecular weight is 844 g/mol. The van der Waals surface area contributed by atoms with Crippen molar-refractivity contribution in [3.63, 3.8) is 0 Å². The zero-order valence-corrected chi connectivity index (χ0v) is 32.7. The number of esters is 8. The van der Waals surface area contributed by atoms with Gasteiger partial charge in [-0.3, -0.25) is 0 Å². The molecule has 0 aliphatic heterocycles. The number of nitrogens with two attached hydrogens (primary N) is 3. The molecular weight excluding hydrogens is 802 g/mol. The molecule has 4 aromatic carbocycles. The molecule has 0 atom stereocenters. The molecule has 0 spiro atoms. The second kappa shape index (κ2) is 22.3. The summed E-state index contributed by atoms with van der Waals surface area (Å²) in [7, 11) is 0. The molecule has 0 bridgehead atoms. The Hall–Kier alpha value is -7.96. The topological polar surface area (TPSA) is 288 Å². The lowest BCUT2D eigenvalue weighted by Crippen LogP contribution is -2.45. The zero-order chi connectivity index (χ0) is 44.4. The minimum atomic E-state index is -1.94. The molecule has 0 saturated carbocycles. The number of aryl methyl sites for hydroxylation is 1. The standard InChI is InChI=1S/C42H41N3O16/c1-26-2-4-27(5-3-26)38(50)54-18-34(46)58-22-42(23-59-35(47)19-55-39(51)28-6-12-31(43)13-7-28,24-60-36(48)20-56-40(52)29-8-14-32(44)15-9-29)25-61-37(49)21-57-41(53)30-10-16-33(45)17-11-30/h2-17H,18-25,43-45H2,1H3. The third-order valence-corrected chi connectivity index (χ3v) is 8.17. The maximum atomic E-state index is 12.9. The van der Waals surface area contributed by atoms with Crippen molar-refractivity contribution in [3.05, 3.63) is 125 Å². The van der Waals surface area contributed by atoms with Crippen LogP contribution in [0.2, 0.25) is 0 Å². The number of ether oxygens (including phenoxy) is 8. The molecule has 6 N–H and O–H groups in total. The van der Waals surface area contributed by atoms with Crippen LogP contribution in [0.15, 0.2) is 97.1 Å². The fourth-order valence-electron chi connectivity index (χ4n) is 4.73.